The van der Waals surface area contributed by atoms with Crippen LogP contribution in [0.2, 0.25) is 0 Å². The van der Waals surface area contributed by atoms with Gasteiger partial charge in [0.05, 0.1) is 21.3 Å². The van der Waals surface area contributed by atoms with Crippen molar-refractivity contribution in [2.75, 3.05) is 0 Å². The molecule has 2 aromatic rings. The molecule has 2 rings (SSSR count). The molecule has 92 valence electrons. The topological polar surface area (TPSA) is 111 Å². The molecule has 0 amide bonds. The van der Waals surface area contributed by atoms with Crippen molar-refractivity contribution < 1.29 is 14.8 Å². The normalized spacial score (nSPS) is 10.3. The third-order valence-corrected chi connectivity index (χ3v) is 2.74. The summed E-state index contributed by atoms with van der Waals surface area (Å²) in [5.74, 6) is -1.20. The Kier molecular flexibility index (Phi) is 3.06. The van der Waals surface area contributed by atoms with Crippen LogP contribution >= 0.6 is 15.9 Å². The fourth-order valence-corrected chi connectivity index (χ4v) is 1.82. The van der Waals surface area contributed by atoms with Gasteiger partial charge in [-0.05, 0) is 22.0 Å². The molecule has 0 aliphatic rings. The van der Waals surface area contributed by atoms with E-state index in [9.17, 15) is 14.9 Å². The number of non-ortho nitro benzene ring substituents is 1. The first-order chi connectivity index (χ1) is 8.49. The molecule has 1 N–H and O–H groups in total. The van der Waals surface area contributed by atoms with Gasteiger partial charge >= 0.3 is 5.97 Å². The van der Waals surface area contributed by atoms with Crippen molar-refractivity contribution >= 4 is 27.6 Å². The van der Waals surface area contributed by atoms with Crippen LogP contribution in [0, 0.1) is 10.1 Å². The number of aromatic nitrogens is 3. The van der Waals surface area contributed by atoms with Crippen LogP contribution in [0.1, 0.15) is 10.5 Å². The molecule has 0 aliphatic carbocycles. The van der Waals surface area contributed by atoms with Gasteiger partial charge in [0.1, 0.15) is 0 Å². The first kappa shape index (κ1) is 12.2. The van der Waals surface area contributed by atoms with Crippen LogP contribution in [-0.4, -0.2) is 31.0 Å². The van der Waals surface area contributed by atoms with Gasteiger partial charge in [0.15, 0.2) is 5.69 Å². The number of nitro benzene ring substituents is 1. The van der Waals surface area contributed by atoms with Gasteiger partial charge in [0, 0.05) is 12.1 Å². The molecular weight excluding hydrogens is 308 g/mol. The lowest BCUT2D eigenvalue weighted by atomic mass is 10.3. The summed E-state index contributed by atoms with van der Waals surface area (Å²) in [6, 6.07) is 4.04. The number of nitro groups is 1. The van der Waals surface area contributed by atoms with Crippen LogP contribution in [0.15, 0.2) is 28.9 Å². The number of carboxylic acid groups (broad SMARTS) is 1. The smallest absolute Gasteiger partial charge is 0.358 e. The highest BCUT2D eigenvalue weighted by Gasteiger charge is 2.14. The summed E-state index contributed by atoms with van der Waals surface area (Å²) in [6.07, 6.45) is 1.22. The van der Waals surface area contributed by atoms with E-state index < -0.39 is 10.9 Å². The average molecular weight is 313 g/mol. The highest BCUT2D eigenvalue weighted by molar-refractivity contribution is 9.10. The number of halogens is 1. The maximum Gasteiger partial charge on any atom is 0.358 e. The largest absolute Gasteiger partial charge is 0.476 e. The zero-order valence-electron chi connectivity index (χ0n) is 8.65. The molecule has 18 heavy (non-hydrogen) atoms. The zero-order valence-corrected chi connectivity index (χ0v) is 10.2. The minimum absolute atomic E-state index is 0.0794. The van der Waals surface area contributed by atoms with Crippen molar-refractivity contribution in [2.45, 2.75) is 0 Å². The lowest BCUT2D eigenvalue weighted by Gasteiger charge is -2.02. The van der Waals surface area contributed by atoms with E-state index in [4.69, 9.17) is 5.11 Å². The molecule has 8 nitrogen and oxygen atoms in total. The Bertz CT molecular complexity index is 639. The summed E-state index contributed by atoms with van der Waals surface area (Å²) in [5, 5.41) is 26.4. The van der Waals surface area contributed by atoms with Crippen molar-refractivity contribution in [1.29, 1.82) is 0 Å². The molecule has 9 heteroatoms. The predicted molar refractivity (Wildman–Crippen MR) is 62.7 cm³/mol. The minimum Gasteiger partial charge on any atom is -0.476 e. The molecule has 0 fully saturated rings. The Hall–Kier alpha value is -2.29. The molecule has 0 unspecified atom stereocenters. The van der Waals surface area contributed by atoms with E-state index in [0.29, 0.717) is 10.2 Å². The summed E-state index contributed by atoms with van der Waals surface area (Å²) in [7, 11) is 0. The SMILES string of the molecule is O=C(O)c1cn(-c2ccc([N+](=O)[O-])cc2Br)nn1. The number of benzene rings is 1. The van der Waals surface area contributed by atoms with Crippen molar-refractivity contribution in [2.24, 2.45) is 0 Å². The van der Waals surface area contributed by atoms with Gasteiger partial charge in [-0.3, -0.25) is 10.1 Å². The Labute approximate surface area is 108 Å². The number of hydrogen-bond acceptors (Lipinski definition) is 5. The van der Waals surface area contributed by atoms with Crippen LogP contribution in [0.4, 0.5) is 5.69 Å². The second-order valence-electron chi connectivity index (χ2n) is 3.25. The number of carbonyl (C=O) groups is 1. The standard InChI is InChI=1S/C9H5BrN4O4/c10-6-3-5(14(17)18)1-2-8(6)13-4-7(9(15)16)11-12-13/h1-4H,(H,15,16). The van der Waals surface area contributed by atoms with E-state index in [0.717, 1.165) is 0 Å². The molecule has 1 aromatic heterocycles. The average Bonchev–Trinajstić information content (AvgIpc) is 2.78. The fraction of sp³-hybridized carbons (Fsp3) is 0. The number of carboxylic acids is 1. The quantitative estimate of drug-likeness (QED) is 0.681. The monoisotopic (exact) mass is 312 g/mol. The Morgan fingerprint density at radius 2 is 2.22 bits per heavy atom. The van der Waals surface area contributed by atoms with Gasteiger partial charge in [0.25, 0.3) is 5.69 Å². The molecular formula is C9H5BrN4O4. The zero-order chi connectivity index (χ0) is 13.3. The summed E-state index contributed by atoms with van der Waals surface area (Å²) in [6.45, 7) is 0. The van der Waals surface area contributed by atoms with E-state index in [1.54, 1.807) is 0 Å². The molecule has 0 saturated carbocycles. The maximum absolute atomic E-state index is 10.7. The number of hydrogen-bond donors (Lipinski definition) is 1. The summed E-state index contributed by atoms with van der Waals surface area (Å²) >= 11 is 3.16. The third-order valence-electron chi connectivity index (χ3n) is 2.10. The van der Waals surface area contributed by atoms with Crippen LogP contribution in [0.5, 0.6) is 0 Å². The summed E-state index contributed by atoms with van der Waals surface area (Å²) < 4.78 is 1.63. The van der Waals surface area contributed by atoms with E-state index in [-0.39, 0.29) is 11.4 Å². The minimum atomic E-state index is -1.20. The first-order valence-electron chi connectivity index (χ1n) is 4.59. The van der Waals surface area contributed by atoms with Gasteiger partial charge in [0.2, 0.25) is 0 Å². The second kappa shape index (κ2) is 4.53. The van der Waals surface area contributed by atoms with Crippen LogP contribution in [0.3, 0.4) is 0 Å². The van der Waals surface area contributed by atoms with Gasteiger partial charge in [-0.1, -0.05) is 5.21 Å². The van der Waals surface area contributed by atoms with Crippen LogP contribution in [-0.2, 0) is 0 Å². The summed E-state index contributed by atoms with van der Waals surface area (Å²) in [4.78, 5) is 20.7. The number of aromatic carboxylic acids is 1. The highest BCUT2D eigenvalue weighted by Crippen LogP contribution is 2.25. The molecule has 0 radical (unpaired) electrons. The Balaban J connectivity index is 2.44. The van der Waals surface area contributed by atoms with Crippen molar-refractivity contribution in [1.82, 2.24) is 15.0 Å². The molecule has 0 bridgehead atoms. The van der Waals surface area contributed by atoms with Crippen LogP contribution in [0.25, 0.3) is 5.69 Å². The molecule has 0 aliphatic heterocycles. The van der Waals surface area contributed by atoms with E-state index in [2.05, 4.69) is 26.2 Å². The lowest BCUT2D eigenvalue weighted by molar-refractivity contribution is -0.384. The van der Waals surface area contributed by atoms with E-state index in [1.807, 2.05) is 0 Å². The van der Waals surface area contributed by atoms with Gasteiger partial charge in [-0.15, -0.1) is 5.10 Å². The molecule has 1 aromatic carbocycles. The fourth-order valence-electron chi connectivity index (χ4n) is 1.27. The summed E-state index contributed by atoms with van der Waals surface area (Å²) in [5.41, 5.74) is 0.171. The van der Waals surface area contributed by atoms with E-state index >= 15 is 0 Å². The number of rotatable bonds is 3. The van der Waals surface area contributed by atoms with Crippen molar-refractivity contribution in [3.8, 4) is 5.69 Å². The lowest BCUT2D eigenvalue weighted by Crippen LogP contribution is -1.98. The molecule has 0 spiro atoms. The van der Waals surface area contributed by atoms with Gasteiger partial charge < -0.3 is 5.11 Å². The third kappa shape index (κ3) is 2.20. The van der Waals surface area contributed by atoms with Gasteiger partial charge in [-0.2, -0.15) is 0 Å². The van der Waals surface area contributed by atoms with Crippen LogP contribution < -0.4 is 0 Å². The predicted octanol–water partition coefficient (Wildman–Crippen LogP) is 1.64. The number of nitrogens with zero attached hydrogens (tertiary/aromatic N) is 4. The van der Waals surface area contributed by atoms with Gasteiger partial charge in [-0.25, -0.2) is 9.48 Å². The van der Waals surface area contributed by atoms with Crippen molar-refractivity contribution in [3.63, 3.8) is 0 Å². The molecule has 1 heterocycles. The van der Waals surface area contributed by atoms with E-state index in [1.165, 1.54) is 29.1 Å². The molecule has 0 atom stereocenters. The highest BCUT2D eigenvalue weighted by atomic mass is 79.9. The maximum atomic E-state index is 10.7. The molecule has 0 saturated heterocycles. The second-order valence-corrected chi connectivity index (χ2v) is 4.10. The Morgan fingerprint density at radius 3 is 2.72 bits per heavy atom. The first-order valence-corrected chi connectivity index (χ1v) is 5.38. The Morgan fingerprint density at radius 1 is 1.50 bits per heavy atom. The van der Waals surface area contributed by atoms with Crippen molar-refractivity contribution in [3.05, 3.63) is 44.7 Å².